The molecule has 2 aromatic carbocycles. The number of nitrogens with one attached hydrogen (secondary N) is 1. The largest absolute Gasteiger partial charge is 0.495 e. The van der Waals surface area contributed by atoms with Crippen LogP contribution in [0.3, 0.4) is 0 Å². The predicted molar refractivity (Wildman–Crippen MR) is 119 cm³/mol. The Balaban J connectivity index is 2.53. The standard InChI is InChI=1S/C21H27N3O7S/c1-6-24(7-2)32(27,28)19-10-13(8-9-16(19)29-3)21(26)23-15-12-18(31-5)17(30-4)11-14(15)20(22)25/h8-12H,6-7H2,1-5H3,(H2,22,25)(H,23,26). The van der Waals surface area contributed by atoms with Crippen molar-refractivity contribution >= 4 is 27.5 Å². The Bertz CT molecular complexity index is 1110. The zero-order chi connectivity index (χ0) is 24.1. The number of primary amides is 1. The van der Waals surface area contributed by atoms with Gasteiger partial charge in [0.05, 0.1) is 32.6 Å². The molecule has 0 bridgehead atoms. The quantitative estimate of drug-likeness (QED) is 0.548. The van der Waals surface area contributed by atoms with Gasteiger partial charge < -0.3 is 25.3 Å². The van der Waals surface area contributed by atoms with Gasteiger partial charge in [-0.1, -0.05) is 13.8 Å². The van der Waals surface area contributed by atoms with Gasteiger partial charge in [0.25, 0.3) is 11.8 Å². The summed E-state index contributed by atoms with van der Waals surface area (Å²) in [5.41, 5.74) is 5.57. The lowest BCUT2D eigenvalue weighted by atomic mass is 10.1. The number of carbonyl (C=O) groups excluding carboxylic acids is 2. The van der Waals surface area contributed by atoms with Gasteiger partial charge in [-0.15, -0.1) is 0 Å². The summed E-state index contributed by atoms with van der Waals surface area (Å²) in [4.78, 5) is 24.7. The molecule has 32 heavy (non-hydrogen) atoms. The van der Waals surface area contributed by atoms with Crippen LogP contribution in [-0.4, -0.2) is 59.0 Å². The number of ether oxygens (including phenoxy) is 3. The monoisotopic (exact) mass is 465 g/mol. The molecule has 174 valence electrons. The van der Waals surface area contributed by atoms with Gasteiger partial charge in [0.2, 0.25) is 10.0 Å². The van der Waals surface area contributed by atoms with Crippen LogP contribution in [-0.2, 0) is 10.0 Å². The summed E-state index contributed by atoms with van der Waals surface area (Å²) in [5, 5.41) is 2.58. The lowest BCUT2D eigenvalue weighted by Gasteiger charge is -2.20. The van der Waals surface area contributed by atoms with Gasteiger partial charge >= 0.3 is 0 Å². The first-order chi connectivity index (χ1) is 15.1. The van der Waals surface area contributed by atoms with Crippen LogP contribution in [0, 0.1) is 0 Å². The maximum Gasteiger partial charge on any atom is 0.255 e. The SMILES string of the molecule is CCN(CC)S(=O)(=O)c1cc(C(=O)Nc2cc(OC)c(OC)cc2C(N)=O)ccc1OC. The van der Waals surface area contributed by atoms with E-state index in [1.54, 1.807) is 13.8 Å². The van der Waals surface area contributed by atoms with Crippen molar-refractivity contribution in [2.45, 2.75) is 18.7 Å². The fourth-order valence-electron chi connectivity index (χ4n) is 3.10. The lowest BCUT2D eigenvalue weighted by molar-refractivity contribution is 0.100. The van der Waals surface area contributed by atoms with E-state index < -0.39 is 21.8 Å². The van der Waals surface area contributed by atoms with Gasteiger partial charge in [-0.25, -0.2) is 8.42 Å². The van der Waals surface area contributed by atoms with Gasteiger partial charge in [0.15, 0.2) is 11.5 Å². The number of benzene rings is 2. The number of amides is 2. The van der Waals surface area contributed by atoms with Gasteiger partial charge in [0.1, 0.15) is 10.6 Å². The van der Waals surface area contributed by atoms with Crippen molar-refractivity contribution in [2.24, 2.45) is 5.73 Å². The molecule has 2 rings (SSSR count). The molecule has 0 unspecified atom stereocenters. The molecule has 0 atom stereocenters. The second-order valence-electron chi connectivity index (χ2n) is 6.53. The van der Waals surface area contributed by atoms with E-state index in [4.69, 9.17) is 19.9 Å². The molecule has 2 amide bonds. The Morgan fingerprint density at radius 2 is 1.50 bits per heavy atom. The first-order valence-corrected chi connectivity index (χ1v) is 11.1. The number of hydrogen-bond acceptors (Lipinski definition) is 7. The third kappa shape index (κ3) is 4.94. The van der Waals surface area contributed by atoms with Crippen molar-refractivity contribution in [3.63, 3.8) is 0 Å². The number of rotatable bonds is 10. The molecule has 0 aliphatic heterocycles. The Morgan fingerprint density at radius 1 is 0.938 bits per heavy atom. The first-order valence-electron chi connectivity index (χ1n) is 9.69. The summed E-state index contributed by atoms with van der Waals surface area (Å²) in [7, 11) is 0.253. The molecule has 0 aliphatic carbocycles. The van der Waals surface area contributed by atoms with Crippen molar-refractivity contribution in [3.05, 3.63) is 41.5 Å². The molecule has 10 nitrogen and oxygen atoms in total. The topological polar surface area (TPSA) is 137 Å². The number of nitrogens with zero attached hydrogens (tertiary/aromatic N) is 1. The van der Waals surface area contributed by atoms with Gasteiger partial charge in [-0.3, -0.25) is 9.59 Å². The van der Waals surface area contributed by atoms with Crippen LogP contribution < -0.4 is 25.3 Å². The summed E-state index contributed by atoms with van der Waals surface area (Å²) in [6.45, 7) is 3.94. The minimum absolute atomic E-state index is 0.000461. The van der Waals surface area contributed by atoms with Crippen LogP contribution in [0.5, 0.6) is 17.2 Å². The fraction of sp³-hybridized carbons (Fsp3) is 0.333. The molecule has 3 N–H and O–H groups in total. The average Bonchev–Trinajstić information content (AvgIpc) is 2.78. The van der Waals surface area contributed by atoms with E-state index in [0.29, 0.717) is 0 Å². The molecular weight excluding hydrogens is 438 g/mol. The molecule has 11 heteroatoms. The van der Waals surface area contributed by atoms with Crippen molar-refractivity contribution in [1.29, 1.82) is 0 Å². The smallest absolute Gasteiger partial charge is 0.255 e. The van der Waals surface area contributed by atoms with E-state index in [1.165, 1.54) is 56.0 Å². The number of hydrogen-bond donors (Lipinski definition) is 2. The molecule has 0 saturated heterocycles. The lowest BCUT2D eigenvalue weighted by Crippen LogP contribution is -2.31. The fourth-order valence-corrected chi connectivity index (χ4v) is 4.74. The second kappa shape index (κ2) is 10.3. The number of nitrogens with two attached hydrogens (primary N) is 1. The average molecular weight is 466 g/mol. The summed E-state index contributed by atoms with van der Waals surface area (Å²) in [6.07, 6.45) is 0. The second-order valence-corrected chi connectivity index (χ2v) is 8.43. The number of carbonyl (C=O) groups is 2. The Kier molecular flexibility index (Phi) is 8.06. The summed E-state index contributed by atoms with van der Waals surface area (Å²) < 4.78 is 42.9. The summed E-state index contributed by atoms with van der Waals surface area (Å²) >= 11 is 0. The van der Waals surface area contributed by atoms with E-state index in [0.717, 1.165) is 0 Å². The summed E-state index contributed by atoms with van der Waals surface area (Å²) in [5.74, 6) is -0.805. The highest BCUT2D eigenvalue weighted by molar-refractivity contribution is 7.89. The maximum atomic E-state index is 13.0. The molecule has 0 saturated carbocycles. The highest BCUT2D eigenvalue weighted by Crippen LogP contribution is 2.34. The van der Waals surface area contributed by atoms with E-state index in [2.05, 4.69) is 5.32 Å². The van der Waals surface area contributed by atoms with Gasteiger partial charge in [-0.05, 0) is 24.3 Å². The molecular formula is C21H27N3O7S. The minimum Gasteiger partial charge on any atom is -0.495 e. The first kappa shape index (κ1) is 25.0. The van der Waals surface area contributed by atoms with Crippen molar-refractivity contribution in [3.8, 4) is 17.2 Å². The van der Waals surface area contributed by atoms with Gasteiger partial charge in [0, 0.05) is 24.7 Å². The molecule has 0 fully saturated rings. The van der Waals surface area contributed by atoms with Gasteiger partial charge in [-0.2, -0.15) is 4.31 Å². The number of sulfonamides is 1. The molecule has 2 aromatic rings. The third-order valence-corrected chi connectivity index (χ3v) is 6.86. The number of anilines is 1. The highest BCUT2D eigenvalue weighted by Gasteiger charge is 2.27. The minimum atomic E-state index is -3.90. The van der Waals surface area contributed by atoms with E-state index in [-0.39, 0.29) is 52.0 Å². The molecule has 0 spiro atoms. The van der Waals surface area contributed by atoms with Crippen LogP contribution in [0.2, 0.25) is 0 Å². The number of methoxy groups -OCH3 is 3. The van der Waals surface area contributed by atoms with E-state index in [9.17, 15) is 18.0 Å². The van der Waals surface area contributed by atoms with E-state index in [1.807, 2.05) is 0 Å². The normalized spacial score (nSPS) is 11.2. The molecule has 0 heterocycles. The van der Waals surface area contributed by atoms with Crippen LogP contribution >= 0.6 is 0 Å². The highest BCUT2D eigenvalue weighted by atomic mass is 32.2. The molecule has 0 aliphatic rings. The zero-order valence-corrected chi connectivity index (χ0v) is 19.4. The van der Waals surface area contributed by atoms with Crippen molar-refractivity contribution < 1.29 is 32.2 Å². The zero-order valence-electron chi connectivity index (χ0n) is 18.6. The summed E-state index contributed by atoms with van der Waals surface area (Å²) in [6, 6.07) is 6.79. The Morgan fingerprint density at radius 3 is 2.00 bits per heavy atom. The third-order valence-electron chi connectivity index (χ3n) is 4.79. The van der Waals surface area contributed by atoms with Crippen LogP contribution in [0.4, 0.5) is 5.69 Å². The Labute approximate surface area is 187 Å². The maximum absolute atomic E-state index is 13.0. The Hall–Kier alpha value is -3.31. The van der Waals surface area contributed by atoms with Crippen molar-refractivity contribution in [1.82, 2.24) is 4.31 Å². The predicted octanol–water partition coefficient (Wildman–Crippen LogP) is 2.09. The molecule has 0 radical (unpaired) electrons. The molecule has 0 aromatic heterocycles. The van der Waals surface area contributed by atoms with Crippen LogP contribution in [0.25, 0.3) is 0 Å². The van der Waals surface area contributed by atoms with Crippen molar-refractivity contribution in [2.75, 3.05) is 39.7 Å². The van der Waals surface area contributed by atoms with Crippen LogP contribution in [0.15, 0.2) is 35.2 Å². The van der Waals surface area contributed by atoms with Crippen LogP contribution in [0.1, 0.15) is 34.6 Å². The van der Waals surface area contributed by atoms with E-state index >= 15 is 0 Å².